The van der Waals surface area contributed by atoms with E-state index in [9.17, 15) is 0 Å². The lowest BCUT2D eigenvalue weighted by molar-refractivity contribution is 0.242. The molecular formula is C16H21N3O. The molecule has 0 aliphatic carbocycles. The van der Waals surface area contributed by atoms with E-state index in [2.05, 4.69) is 17.2 Å². The topological polar surface area (TPSA) is 60.2 Å². The van der Waals surface area contributed by atoms with Gasteiger partial charge >= 0.3 is 0 Å². The summed E-state index contributed by atoms with van der Waals surface area (Å²) < 4.78 is 5.69. The van der Waals surface area contributed by atoms with Gasteiger partial charge in [0, 0.05) is 29.7 Å². The summed E-state index contributed by atoms with van der Waals surface area (Å²) in [6, 6.07) is 11.7. The zero-order valence-electron chi connectivity index (χ0n) is 12.1. The molecule has 0 amide bonds. The van der Waals surface area contributed by atoms with Crippen LogP contribution in [0, 0.1) is 0 Å². The van der Waals surface area contributed by atoms with Crippen LogP contribution in [0.5, 0.6) is 5.75 Å². The number of nitrogen functional groups attached to an aromatic ring is 1. The molecule has 3 N–H and O–H groups in total. The number of ether oxygens (including phenoxy) is 1. The summed E-state index contributed by atoms with van der Waals surface area (Å²) in [5, 5.41) is 3.39. The Bertz CT molecular complexity index is 555. The summed E-state index contributed by atoms with van der Waals surface area (Å²) in [6.45, 7) is 6.05. The van der Waals surface area contributed by atoms with Crippen LogP contribution in [0.25, 0.3) is 0 Å². The number of hydrogen-bond acceptors (Lipinski definition) is 4. The van der Waals surface area contributed by atoms with Crippen LogP contribution in [0.4, 0.5) is 11.4 Å². The van der Waals surface area contributed by atoms with Gasteiger partial charge in [-0.15, -0.1) is 0 Å². The van der Waals surface area contributed by atoms with E-state index in [-0.39, 0.29) is 12.1 Å². The quantitative estimate of drug-likeness (QED) is 0.815. The van der Waals surface area contributed by atoms with Crippen LogP contribution in [0.15, 0.2) is 42.6 Å². The van der Waals surface area contributed by atoms with E-state index < -0.39 is 0 Å². The molecule has 0 fully saturated rings. The monoisotopic (exact) mass is 271 g/mol. The highest BCUT2D eigenvalue weighted by atomic mass is 16.5. The fraction of sp³-hybridized carbons (Fsp3) is 0.312. The normalized spacial score (nSPS) is 12.2. The molecule has 1 atom stereocenters. The summed E-state index contributed by atoms with van der Waals surface area (Å²) >= 11 is 0. The third-order valence-electron chi connectivity index (χ3n) is 2.82. The molecule has 1 aromatic carbocycles. The Morgan fingerprint density at radius 1 is 1.15 bits per heavy atom. The number of nitrogens with one attached hydrogen (secondary N) is 1. The highest BCUT2D eigenvalue weighted by molar-refractivity contribution is 5.59. The summed E-state index contributed by atoms with van der Waals surface area (Å²) in [7, 11) is 0. The van der Waals surface area contributed by atoms with Crippen LogP contribution >= 0.6 is 0 Å². The maximum absolute atomic E-state index is 5.91. The predicted octanol–water partition coefficient (Wildman–Crippen LogP) is 3.62. The standard InChI is InChI=1S/C16H21N3O/c1-11(2)20-15-9-13(17)8-14(10-15)19-12(3)16-6-4-5-7-18-16/h4-12,19H,17H2,1-3H3. The van der Waals surface area contributed by atoms with E-state index in [1.165, 1.54) is 0 Å². The van der Waals surface area contributed by atoms with E-state index in [1.807, 2.05) is 50.2 Å². The molecule has 0 bridgehead atoms. The van der Waals surface area contributed by atoms with E-state index >= 15 is 0 Å². The first-order chi connectivity index (χ1) is 9.54. The third-order valence-corrected chi connectivity index (χ3v) is 2.82. The van der Waals surface area contributed by atoms with Crippen molar-refractivity contribution in [3.05, 3.63) is 48.3 Å². The van der Waals surface area contributed by atoms with Crippen molar-refractivity contribution in [1.82, 2.24) is 4.98 Å². The Morgan fingerprint density at radius 3 is 2.60 bits per heavy atom. The lowest BCUT2D eigenvalue weighted by atomic mass is 10.2. The molecule has 4 nitrogen and oxygen atoms in total. The summed E-state index contributed by atoms with van der Waals surface area (Å²) in [4.78, 5) is 4.34. The van der Waals surface area contributed by atoms with Crippen LogP contribution < -0.4 is 15.8 Å². The number of nitrogens with two attached hydrogens (primary N) is 1. The minimum atomic E-state index is 0.102. The average Bonchev–Trinajstić information content (AvgIpc) is 2.38. The fourth-order valence-electron chi connectivity index (χ4n) is 2.00. The van der Waals surface area contributed by atoms with Crippen molar-refractivity contribution in [3.8, 4) is 5.75 Å². The van der Waals surface area contributed by atoms with Gasteiger partial charge in [-0.25, -0.2) is 0 Å². The zero-order valence-corrected chi connectivity index (χ0v) is 12.1. The van der Waals surface area contributed by atoms with Gasteiger partial charge in [0.2, 0.25) is 0 Å². The molecule has 0 saturated carbocycles. The number of pyridine rings is 1. The second-order valence-corrected chi connectivity index (χ2v) is 5.08. The van der Waals surface area contributed by atoms with Crippen LogP contribution in [-0.2, 0) is 0 Å². The molecule has 1 aromatic heterocycles. The van der Waals surface area contributed by atoms with Gasteiger partial charge in [-0.1, -0.05) is 6.07 Å². The highest BCUT2D eigenvalue weighted by Gasteiger charge is 2.08. The predicted molar refractivity (Wildman–Crippen MR) is 82.9 cm³/mol. The van der Waals surface area contributed by atoms with E-state index in [0.29, 0.717) is 5.69 Å². The number of rotatable bonds is 5. The number of hydrogen-bond donors (Lipinski definition) is 2. The maximum atomic E-state index is 5.91. The Kier molecular flexibility index (Phi) is 4.45. The van der Waals surface area contributed by atoms with E-state index in [0.717, 1.165) is 17.1 Å². The van der Waals surface area contributed by atoms with Crippen molar-refractivity contribution < 1.29 is 4.74 Å². The molecule has 1 heterocycles. The molecule has 2 rings (SSSR count). The lowest BCUT2D eigenvalue weighted by Gasteiger charge is -2.17. The smallest absolute Gasteiger partial charge is 0.123 e. The van der Waals surface area contributed by atoms with Crippen molar-refractivity contribution in [1.29, 1.82) is 0 Å². The van der Waals surface area contributed by atoms with Crippen molar-refractivity contribution in [2.24, 2.45) is 0 Å². The van der Waals surface area contributed by atoms with Crippen LogP contribution in [0.2, 0.25) is 0 Å². The number of aromatic nitrogens is 1. The first-order valence-corrected chi connectivity index (χ1v) is 6.79. The van der Waals surface area contributed by atoms with E-state index in [1.54, 1.807) is 6.20 Å². The van der Waals surface area contributed by atoms with Crippen molar-refractivity contribution in [2.75, 3.05) is 11.1 Å². The molecule has 106 valence electrons. The minimum Gasteiger partial charge on any atom is -0.491 e. The zero-order chi connectivity index (χ0) is 14.5. The lowest BCUT2D eigenvalue weighted by Crippen LogP contribution is -2.10. The molecule has 0 saturated heterocycles. The molecule has 0 radical (unpaired) electrons. The number of nitrogens with zero attached hydrogens (tertiary/aromatic N) is 1. The average molecular weight is 271 g/mol. The van der Waals surface area contributed by atoms with Crippen LogP contribution in [0.1, 0.15) is 32.5 Å². The largest absolute Gasteiger partial charge is 0.491 e. The van der Waals surface area contributed by atoms with Crippen LogP contribution in [0.3, 0.4) is 0 Å². The second-order valence-electron chi connectivity index (χ2n) is 5.08. The fourth-order valence-corrected chi connectivity index (χ4v) is 2.00. The van der Waals surface area contributed by atoms with Gasteiger partial charge in [0.15, 0.2) is 0 Å². The van der Waals surface area contributed by atoms with Gasteiger partial charge in [-0.2, -0.15) is 0 Å². The van der Waals surface area contributed by atoms with Crippen LogP contribution in [-0.4, -0.2) is 11.1 Å². The van der Waals surface area contributed by atoms with Gasteiger partial charge in [0.05, 0.1) is 17.8 Å². The molecule has 0 spiro atoms. The van der Waals surface area contributed by atoms with Crippen molar-refractivity contribution in [3.63, 3.8) is 0 Å². The summed E-state index contributed by atoms with van der Waals surface area (Å²) in [5.41, 5.74) is 8.51. The molecule has 20 heavy (non-hydrogen) atoms. The van der Waals surface area contributed by atoms with Gasteiger partial charge in [0.25, 0.3) is 0 Å². The van der Waals surface area contributed by atoms with Crippen molar-refractivity contribution in [2.45, 2.75) is 32.9 Å². The second kappa shape index (κ2) is 6.28. The molecule has 0 aliphatic heterocycles. The molecule has 2 aromatic rings. The number of benzene rings is 1. The Labute approximate surface area is 120 Å². The first kappa shape index (κ1) is 14.2. The molecule has 0 aliphatic rings. The van der Waals surface area contributed by atoms with Gasteiger partial charge in [-0.3, -0.25) is 4.98 Å². The SMILES string of the molecule is CC(C)Oc1cc(N)cc(NC(C)c2ccccn2)c1. The maximum Gasteiger partial charge on any atom is 0.123 e. The Balaban J connectivity index is 2.14. The summed E-state index contributed by atoms with van der Waals surface area (Å²) in [6.07, 6.45) is 1.91. The van der Waals surface area contributed by atoms with Gasteiger partial charge in [-0.05, 0) is 39.0 Å². The Hall–Kier alpha value is -2.23. The molecule has 1 unspecified atom stereocenters. The third kappa shape index (κ3) is 3.88. The van der Waals surface area contributed by atoms with E-state index in [4.69, 9.17) is 10.5 Å². The molecule has 4 heteroatoms. The first-order valence-electron chi connectivity index (χ1n) is 6.79. The van der Waals surface area contributed by atoms with Crippen molar-refractivity contribution >= 4 is 11.4 Å². The highest BCUT2D eigenvalue weighted by Crippen LogP contribution is 2.26. The minimum absolute atomic E-state index is 0.102. The van der Waals surface area contributed by atoms with Gasteiger partial charge in [0.1, 0.15) is 5.75 Å². The molecular weight excluding hydrogens is 250 g/mol. The van der Waals surface area contributed by atoms with Gasteiger partial charge < -0.3 is 15.8 Å². The summed E-state index contributed by atoms with van der Waals surface area (Å²) in [5.74, 6) is 0.774. The number of anilines is 2. The Morgan fingerprint density at radius 2 is 1.95 bits per heavy atom.